The standard InChI is InChI=1S/C7H5BF3N/c8-6-2-1-4(12)3-5(6)7(9,10)11/h1-3H,12H2. The molecule has 1 rings (SSSR count). The minimum absolute atomic E-state index is 0.0523. The van der Waals surface area contributed by atoms with Crippen molar-refractivity contribution in [3.05, 3.63) is 23.8 Å². The van der Waals surface area contributed by atoms with Gasteiger partial charge in [0.15, 0.2) is 0 Å². The zero-order valence-electron chi connectivity index (χ0n) is 6.02. The zero-order chi connectivity index (χ0) is 9.35. The molecule has 1 aromatic carbocycles. The number of rotatable bonds is 0. The molecular formula is C7H5BF3N. The van der Waals surface area contributed by atoms with Crippen LogP contribution < -0.4 is 11.2 Å². The highest BCUT2D eigenvalue weighted by atomic mass is 19.4. The van der Waals surface area contributed by atoms with E-state index >= 15 is 0 Å². The van der Waals surface area contributed by atoms with Gasteiger partial charge in [-0.05, 0) is 12.1 Å². The van der Waals surface area contributed by atoms with Gasteiger partial charge in [0.2, 0.25) is 0 Å². The number of halogens is 3. The van der Waals surface area contributed by atoms with Crippen molar-refractivity contribution in [2.24, 2.45) is 0 Å². The average Bonchev–Trinajstić information content (AvgIpc) is 1.92. The molecule has 62 valence electrons. The third-order valence-corrected chi connectivity index (χ3v) is 1.38. The number of nitrogens with two attached hydrogens (primary N) is 1. The second-order valence-electron chi connectivity index (χ2n) is 2.34. The monoisotopic (exact) mass is 171 g/mol. The minimum atomic E-state index is -4.43. The van der Waals surface area contributed by atoms with Crippen molar-refractivity contribution in [3.63, 3.8) is 0 Å². The number of alkyl halides is 3. The van der Waals surface area contributed by atoms with Crippen LogP contribution in [0.2, 0.25) is 0 Å². The highest BCUT2D eigenvalue weighted by molar-refractivity contribution is 6.33. The highest BCUT2D eigenvalue weighted by Gasteiger charge is 2.31. The fourth-order valence-electron chi connectivity index (χ4n) is 0.819. The quantitative estimate of drug-likeness (QED) is 0.458. The molecule has 0 saturated heterocycles. The van der Waals surface area contributed by atoms with Crippen LogP contribution in [0.25, 0.3) is 0 Å². The second kappa shape index (κ2) is 2.73. The Morgan fingerprint density at radius 2 is 1.83 bits per heavy atom. The molecule has 0 fully saturated rings. The summed E-state index contributed by atoms with van der Waals surface area (Å²) in [5.74, 6) is 0. The van der Waals surface area contributed by atoms with Gasteiger partial charge in [-0.15, -0.1) is 0 Å². The van der Waals surface area contributed by atoms with Gasteiger partial charge in [-0.1, -0.05) is 11.5 Å². The molecule has 0 aliphatic rings. The largest absolute Gasteiger partial charge is 0.415 e. The summed E-state index contributed by atoms with van der Waals surface area (Å²) in [6, 6.07) is 3.28. The van der Waals surface area contributed by atoms with Crippen LogP contribution in [0.3, 0.4) is 0 Å². The summed E-state index contributed by atoms with van der Waals surface area (Å²) in [7, 11) is 5.10. The fraction of sp³-hybridized carbons (Fsp3) is 0.143. The van der Waals surface area contributed by atoms with Crippen LogP contribution in [0.1, 0.15) is 5.56 Å². The van der Waals surface area contributed by atoms with Gasteiger partial charge in [0.1, 0.15) is 7.85 Å². The van der Waals surface area contributed by atoms with E-state index in [0.29, 0.717) is 0 Å². The van der Waals surface area contributed by atoms with E-state index in [1.165, 1.54) is 6.07 Å². The van der Waals surface area contributed by atoms with Gasteiger partial charge in [-0.2, -0.15) is 13.2 Å². The molecule has 0 unspecified atom stereocenters. The Bertz CT molecular complexity index is 295. The molecule has 0 aliphatic heterocycles. The van der Waals surface area contributed by atoms with Crippen molar-refractivity contribution in [1.29, 1.82) is 0 Å². The van der Waals surface area contributed by atoms with Crippen LogP contribution in [0.4, 0.5) is 18.9 Å². The third kappa shape index (κ3) is 1.72. The molecule has 1 aromatic rings. The summed E-state index contributed by atoms with van der Waals surface area (Å²) in [5.41, 5.74) is 4.03. The van der Waals surface area contributed by atoms with Crippen LogP contribution in [-0.2, 0) is 6.18 Å². The Labute approximate surface area is 68.8 Å². The number of hydrogen-bond donors (Lipinski definition) is 1. The first-order valence-electron chi connectivity index (χ1n) is 3.13. The molecule has 0 aliphatic carbocycles. The summed E-state index contributed by atoms with van der Waals surface area (Å²) >= 11 is 0. The van der Waals surface area contributed by atoms with Crippen molar-refractivity contribution < 1.29 is 13.2 Å². The Kier molecular flexibility index (Phi) is 2.04. The summed E-state index contributed by atoms with van der Waals surface area (Å²) in [6.07, 6.45) is -4.43. The van der Waals surface area contributed by atoms with Gasteiger partial charge >= 0.3 is 6.18 Å². The lowest BCUT2D eigenvalue weighted by molar-refractivity contribution is -0.136. The molecule has 2 N–H and O–H groups in total. The Hall–Kier alpha value is -1.13. The molecule has 0 atom stereocenters. The Morgan fingerprint density at radius 1 is 1.25 bits per heavy atom. The van der Waals surface area contributed by atoms with Gasteiger partial charge in [0.25, 0.3) is 0 Å². The molecule has 0 heterocycles. The number of benzene rings is 1. The maximum Gasteiger partial charge on any atom is 0.415 e. The summed E-state index contributed by atoms with van der Waals surface area (Å²) < 4.78 is 36.3. The molecule has 2 radical (unpaired) electrons. The topological polar surface area (TPSA) is 26.0 Å². The molecule has 0 spiro atoms. The molecule has 0 aromatic heterocycles. The molecule has 12 heavy (non-hydrogen) atoms. The van der Waals surface area contributed by atoms with Crippen molar-refractivity contribution in [2.45, 2.75) is 6.18 Å². The van der Waals surface area contributed by atoms with Crippen LogP contribution in [0.5, 0.6) is 0 Å². The summed E-state index contributed by atoms with van der Waals surface area (Å²) in [4.78, 5) is 0. The number of anilines is 1. The molecule has 1 nitrogen and oxygen atoms in total. The lowest BCUT2D eigenvalue weighted by Crippen LogP contribution is -2.19. The minimum Gasteiger partial charge on any atom is -0.399 e. The van der Waals surface area contributed by atoms with Crippen LogP contribution in [0.15, 0.2) is 18.2 Å². The van der Waals surface area contributed by atoms with Crippen molar-refractivity contribution in [1.82, 2.24) is 0 Å². The number of hydrogen-bond acceptors (Lipinski definition) is 1. The molecule has 0 saturated carbocycles. The first-order chi connectivity index (χ1) is 5.41. The first-order valence-corrected chi connectivity index (χ1v) is 3.13. The van der Waals surface area contributed by atoms with E-state index in [2.05, 4.69) is 0 Å². The predicted octanol–water partition coefficient (Wildman–Crippen LogP) is 1.08. The normalized spacial score (nSPS) is 11.6. The van der Waals surface area contributed by atoms with E-state index in [1.807, 2.05) is 0 Å². The van der Waals surface area contributed by atoms with Gasteiger partial charge in [0.05, 0.1) is 5.56 Å². The van der Waals surface area contributed by atoms with Crippen LogP contribution >= 0.6 is 0 Å². The van der Waals surface area contributed by atoms with Gasteiger partial charge < -0.3 is 5.73 Å². The van der Waals surface area contributed by atoms with E-state index in [-0.39, 0.29) is 11.2 Å². The maximum absolute atomic E-state index is 12.1. The van der Waals surface area contributed by atoms with Crippen molar-refractivity contribution in [3.8, 4) is 0 Å². The smallest absolute Gasteiger partial charge is 0.399 e. The number of nitrogen functional groups attached to an aromatic ring is 1. The van der Waals surface area contributed by atoms with E-state index < -0.39 is 11.7 Å². The van der Waals surface area contributed by atoms with Crippen molar-refractivity contribution >= 4 is 19.0 Å². The highest BCUT2D eigenvalue weighted by Crippen LogP contribution is 2.28. The predicted molar refractivity (Wildman–Crippen MR) is 41.2 cm³/mol. The summed E-state index contributed by atoms with van der Waals surface area (Å²) in [5, 5.41) is 0. The lowest BCUT2D eigenvalue weighted by Gasteiger charge is -2.10. The van der Waals surface area contributed by atoms with E-state index in [9.17, 15) is 13.2 Å². The SMILES string of the molecule is [B]c1ccc(N)cc1C(F)(F)F. The van der Waals surface area contributed by atoms with E-state index in [4.69, 9.17) is 13.6 Å². The van der Waals surface area contributed by atoms with Gasteiger partial charge in [-0.25, -0.2) is 0 Å². The Morgan fingerprint density at radius 3 is 2.25 bits per heavy atom. The van der Waals surface area contributed by atoms with Crippen LogP contribution in [-0.4, -0.2) is 7.85 Å². The molecule has 0 bridgehead atoms. The third-order valence-electron chi connectivity index (χ3n) is 1.38. The maximum atomic E-state index is 12.1. The van der Waals surface area contributed by atoms with E-state index in [0.717, 1.165) is 12.1 Å². The average molecular weight is 171 g/mol. The van der Waals surface area contributed by atoms with Crippen molar-refractivity contribution in [2.75, 3.05) is 5.73 Å². The molecular weight excluding hydrogens is 166 g/mol. The second-order valence-corrected chi connectivity index (χ2v) is 2.34. The van der Waals surface area contributed by atoms with Gasteiger partial charge in [0, 0.05) is 5.69 Å². The Balaban J connectivity index is 3.23. The summed E-state index contributed by atoms with van der Waals surface area (Å²) in [6.45, 7) is 0. The molecule has 5 heteroatoms. The first kappa shape index (κ1) is 8.97. The molecule has 0 amide bonds. The lowest BCUT2D eigenvalue weighted by atomic mass is 9.90. The van der Waals surface area contributed by atoms with Gasteiger partial charge in [-0.3, -0.25) is 0 Å². The zero-order valence-corrected chi connectivity index (χ0v) is 6.02. The fourth-order valence-corrected chi connectivity index (χ4v) is 0.819. The van der Waals surface area contributed by atoms with Crippen LogP contribution in [0, 0.1) is 0 Å². The van der Waals surface area contributed by atoms with E-state index in [1.54, 1.807) is 0 Å².